The van der Waals surface area contributed by atoms with Gasteiger partial charge in [-0.3, -0.25) is 9.89 Å². The molecule has 0 radical (unpaired) electrons. The molecule has 7 heteroatoms. The van der Waals surface area contributed by atoms with Crippen LogP contribution in [-0.4, -0.2) is 73.8 Å². The highest BCUT2D eigenvalue weighted by molar-refractivity contribution is 14.0. The molecule has 0 bridgehead atoms. The van der Waals surface area contributed by atoms with Gasteiger partial charge in [0.25, 0.3) is 0 Å². The van der Waals surface area contributed by atoms with Crippen molar-refractivity contribution in [3.8, 4) is 0 Å². The summed E-state index contributed by atoms with van der Waals surface area (Å²) in [4.78, 5) is 7.64. The number of morpholine rings is 1. The molecular formula is C22H37IN4OS. The summed E-state index contributed by atoms with van der Waals surface area (Å²) >= 11 is 2.06. The molecule has 2 aliphatic rings. The van der Waals surface area contributed by atoms with E-state index in [-0.39, 0.29) is 29.5 Å². The van der Waals surface area contributed by atoms with E-state index in [1.807, 2.05) is 0 Å². The zero-order valence-electron chi connectivity index (χ0n) is 18.1. The first-order valence-corrected chi connectivity index (χ1v) is 11.8. The van der Waals surface area contributed by atoms with E-state index in [1.54, 1.807) is 0 Å². The van der Waals surface area contributed by atoms with Crippen LogP contribution in [0, 0.1) is 6.92 Å². The standard InChI is InChI=1S/C22H36N4OS.HI/c1-4-23-21(24-15-19(3)20-7-5-18(2)6-8-20)25-16-22(9-14-28-17-22)26-10-12-27-13-11-26;/h5-8,19H,4,9-17H2,1-3H3,(H2,23,24,25);1H. The number of halogens is 1. The van der Waals surface area contributed by atoms with Gasteiger partial charge in [0.1, 0.15) is 0 Å². The van der Waals surface area contributed by atoms with Gasteiger partial charge < -0.3 is 15.4 Å². The molecule has 0 saturated carbocycles. The summed E-state index contributed by atoms with van der Waals surface area (Å²) in [6, 6.07) is 8.84. The summed E-state index contributed by atoms with van der Waals surface area (Å²) in [5.74, 6) is 3.79. The largest absolute Gasteiger partial charge is 0.379 e. The monoisotopic (exact) mass is 532 g/mol. The minimum atomic E-state index is 0. The van der Waals surface area contributed by atoms with Gasteiger partial charge in [-0.15, -0.1) is 24.0 Å². The van der Waals surface area contributed by atoms with Crippen LogP contribution in [0.1, 0.15) is 37.3 Å². The maximum Gasteiger partial charge on any atom is 0.191 e. The van der Waals surface area contributed by atoms with E-state index >= 15 is 0 Å². The number of nitrogens with one attached hydrogen (secondary N) is 2. The Balaban J connectivity index is 0.00000300. The molecule has 0 aromatic heterocycles. The van der Waals surface area contributed by atoms with Crippen LogP contribution in [0.4, 0.5) is 0 Å². The van der Waals surface area contributed by atoms with Gasteiger partial charge in [-0.2, -0.15) is 11.8 Å². The van der Waals surface area contributed by atoms with Gasteiger partial charge >= 0.3 is 0 Å². The molecule has 2 fully saturated rings. The lowest BCUT2D eigenvalue weighted by Gasteiger charge is -2.42. The Labute approximate surface area is 197 Å². The SMILES string of the molecule is CCNC(=NCC1(N2CCOCC2)CCSC1)NCC(C)c1ccc(C)cc1.I. The zero-order valence-corrected chi connectivity index (χ0v) is 21.2. The number of guanidine groups is 1. The highest BCUT2D eigenvalue weighted by atomic mass is 127. The van der Waals surface area contributed by atoms with E-state index in [0.29, 0.717) is 5.92 Å². The zero-order chi connectivity index (χ0) is 19.8. The molecule has 2 N–H and O–H groups in total. The number of aryl methyl sites for hydroxylation is 1. The van der Waals surface area contributed by atoms with E-state index in [2.05, 4.69) is 72.3 Å². The third-order valence-corrected chi connectivity index (χ3v) is 7.10. The number of benzene rings is 1. The van der Waals surface area contributed by atoms with Gasteiger partial charge in [0.05, 0.1) is 25.3 Å². The number of rotatable bonds is 7. The number of hydrogen-bond donors (Lipinski definition) is 2. The lowest BCUT2D eigenvalue weighted by Crippen LogP contribution is -2.56. The summed E-state index contributed by atoms with van der Waals surface area (Å²) in [7, 11) is 0. The van der Waals surface area contributed by atoms with Crippen molar-refractivity contribution in [2.75, 3.05) is 57.4 Å². The third kappa shape index (κ3) is 7.01. The van der Waals surface area contributed by atoms with Crippen LogP contribution < -0.4 is 10.6 Å². The molecule has 0 aliphatic carbocycles. The average Bonchev–Trinajstić information content (AvgIpc) is 3.21. The Hall–Kier alpha value is -0.510. The summed E-state index contributed by atoms with van der Waals surface area (Å²) in [6.07, 6.45) is 1.22. The minimum Gasteiger partial charge on any atom is -0.379 e. The predicted molar refractivity (Wildman–Crippen MR) is 136 cm³/mol. The molecule has 2 saturated heterocycles. The van der Waals surface area contributed by atoms with Crippen molar-refractivity contribution in [3.63, 3.8) is 0 Å². The molecule has 2 heterocycles. The van der Waals surface area contributed by atoms with Crippen molar-refractivity contribution < 1.29 is 4.74 Å². The molecular weight excluding hydrogens is 495 g/mol. The number of hydrogen-bond acceptors (Lipinski definition) is 4. The fraction of sp³-hybridized carbons (Fsp3) is 0.682. The van der Waals surface area contributed by atoms with Crippen molar-refractivity contribution in [1.82, 2.24) is 15.5 Å². The first-order chi connectivity index (χ1) is 13.6. The molecule has 2 unspecified atom stereocenters. The number of thioether (sulfide) groups is 1. The quantitative estimate of drug-likeness (QED) is 0.320. The topological polar surface area (TPSA) is 48.9 Å². The Kier molecular flexibility index (Phi) is 10.6. The highest BCUT2D eigenvalue weighted by Crippen LogP contribution is 2.34. The minimum absolute atomic E-state index is 0. The fourth-order valence-electron chi connectivity index (χ4n) is 3.94. The molecule has 1 aromatic rings. The number of nitrogens with zero attached hydrogens (tertiary/aromatic N) is 2. The van der Waals surface area contributed by atoms with Crippen LogP contribution >= 0.6 is 35.7 Å². The van der Waals surface area contributed by atoms with E-state index in [0.717, 1.165) is 51.9 Å². The molecule has 2 aliphatic heterocycles. The van der Waals surface area contributed by atoms with Crippen molar-refractivity contribution in [2.24, 2.45) is 4.99 Å². The van der Waals surface area contributed by atoms with Gasteiger partial charge in [0, 0.05) is 31.9 Å². The van der Waals surface area contributed by atoms with Crippen LogP contribution in [0.2, 0.25) is 0 Å². The Morgan fingerprint density at radius 2 is 1.97 bits per heavy atom. The molecule has 0 spiro atoms. The first-order valence-electron chi connectivity index (χ1n) is 10.6. The van der Waals surface area contributed by atoms with Crippen LogP contribution in [0.3, 0.4) is 0 Å². The van der Waals surface area contributed by atoms with Crippen molar-refractivity contribution >= 4 is 41.7 Å². The van der Waals surface area contributed by atoms with E-state index in [9.17, 15) is 0 Å². The maximum absolute atomic E-state index is 5.57. The van der Waals surface area contributed by atoms with Crippen LogP contribution in [0.15, 0.2) is 29.3 Å². The van der Waals surface area contributed by atoms with Crippen molar-refractivity contribution in [2.45, 2.75) is 38.6 Å². The average molecular weight is 533 g/mol. The maximum atomic E-state index is 5.57. The second-order valence-corrected chi connectivity index (χ2v) is 9.12. The van der Waals surface area contributed by atoms with Gasteiger partial charge in [-0.1, -0.05) is 36.8 Å². The second kappa shape index (κ2) is 12.4. The van der Waals surface area contributed by atoms with Crippen molar-refractivity contribution in [3.05, 3.63) is 35.4 Å². The van der Waals surface area contributed by atoms with Crippen LogP contribution in [0.5, 0.6) is 0 Å². The van der Waals surface area contributed by atoms with E-state index in [1.165, 1.54) is 29.1 Å². The van der Waals surface area contributed by atoms with E-state index in [4.69, 9.17) is 9.73 Å². The second-order valence-electron chi connectivity index (χ2n) is 8.01. The summed E-state index contributed by atoms with van der Waals surface area (Å²) in [5.41, 5.74) is 2.87. The molecule has 3 rings (SSSR count). The Morgan fingerprint density at radius 3 is 2.59 bits per heavy atom. The molecule has 1 aromatic carbocycles. The normalized spacial score (nSPS) is 24.0. The highest BCUT2D eigenvalue weighted by Gasteiger charge is 2.40. The van der Waals surface area contributed by atoms with Crippen molar-refractivity contribution in [1.29, 1.82) is 0 Å². The summed E-state index contributed by atoms with van der Waals surface area (Å²) < 4.78 is 5.57. The predicted octanol–water partition coefficient (Wildman–Crippen LogP) is 3.48. The lowest BCUT2D eigenvalue weighted by atomic mass is 9.96. The Morgan fingerprint density at radius 1 is 1.24 bits per heavy atom. The summed E-state index contributed by atoms with van der Waals surface area (Å²) in [6.45, 7) is 12.9. The third-order valence-electron chi connectivity index (χ3n) is 5.86. The Bertz CT molecular complexity index is 628. The fourth-order valence-corrected chi connectivity index (χ4v) is 5.41. The number of aliphatic imine (C=N–C) groups is 1. The van der Waals surface area contributed by atoms with Gasteiger partial charge in [-0.05, 0) is 37.5 Å². The van der Waals surface area contributed by atoms with Crippen LogP contribution in [0.25, 0.3) is 0 Å². The first kappa shape index (κ1) is 24.8. The lowest BCUT2D eigenvalue weighted by molar-refractivity contribution is -0.0104. The van der Waals surface area contributed by atoms with Gasteiger partial charge in [-0.25, -0.2) is 0 Å². The molecule has 164 valence electrons. The molecule has 0 amide bonds. The van der Waals surface area contributed by atoms with E-state index < -0.39 is 0 Å². The van der Waals surface area contributed by atoms with Gasteiger partial charge in [0.2, 0.25) is 0 Å². The molecule has 29 heavy (non-hydrogen) atoms. The number of ether oxygens (including phenoxy) is 1. The van der Waals surface area contributed by atoms with Gasteiger partial charge in [0.15, 0.2) is 5.96 Å². The molecule has 5 nitrogen and oxygen atoms in total. The van der Waals surface area contributed by atoms with Crippen LogP contribution in [-0.2, 0) is 4.74 Å². The summed E-state index contributed by atoms with van der Waals surface area (Å²) in [5, 5.41) is 7.00. The smallest absolute Gasteiger partial charge is 0.191 e. The molecule has 2 atom stereocenters.